The molecular formula is C14H24N2O. The van der Waals surface area contributed by atoms with E-state index in [4.69, 9.17) is 5.73 Å². The molecule has 0 aromatic heterocycles. The number of aliphatic hydroxyl groups is 1. The average molecular weight is 236 g/mol. The van der Waals surface area contributed by atoms with Crippen LogP contribution in [0.25, 0.3) is 0 Å². The van der Waals surface area contributed by atoms with E-state index < -0.39 is 6.10 Å². The molecule has 1 rings (SSSR count). The number of benzene rings is 1. The molecule has 3 N–H and O–H groups in total. The summed E-state index contributed by atoms with van der Waals surface area (Å²) in [5.41, 5.74) is 9.15. The smallest absolute Gasteiger partial charge is 0.0836 e. The minimum absolute atomic E-state index is 0.299. The van der Waals surface area contributed by atoms with Crippen LogP contribution in [0.1, 0.15) is 30.9 Å². The first kappa shape index (κ1) is 14.0. The summed E-state index contributed by atoms with van der Waals surface area (Å²) in [5, 5.41) is 9.59. The van der Waals surface area contributed by atoms with E-state index in [-0.39, 0.29) is 0 Å². The maximum atomic E-state index is 9.59. The second-order valence-electron chi connectivity index (χ2n) is 4.97. The van der Waals surface area contributed by atoms with Crippen LogP contribution in [0.15, 0.2) is 18.2 Å². The van der Waals surface area contributed by atoms with Gasteiger partial charge in [-0.25, -0.2) is 0 Å². The Morgan fingerprint density at radius 2 is 2.00 bits per heavy atom. The van der Waals surface area contributed by atoms with Crippen LogP contribution in [-0.4, -0.2) is 31.3 Å². The molecule has 0 aliphatic carbocycles. The Hall–Kier alpha value is -1.06. The Labute approximate surface area is 104 Å². The van der Waals surface area contributed by atoms with Crippen molar-refractivity contribution in [3.63, 3.8) is 0 Å². The van der Waals surface area contributed by atoms with Crippen molar-refractivity contribution < 1.29 is 5.11 Å². The summed E-state index contributed by atoms with van der Waals surface area (Å²) in [6.07, 6.45) is -0.470. The molecule has 0 saturated heterocycles. The minimum atomic E-state index is -0.470. The zero-order valence-electron chi connectivity index (χ0n) is 11.3. The van der Waals surface area contributed by atoms with Crippen molar-refractivity contribution in [2.24, 2.45) is 5.73 Å². The highest BCUT2D eigenvalue weighted by Crippen LogP contribution is 2.24. The monoisotopic (exact) mass is 236 g/mol. The predicted octanol–water partition coefficient (Wildman–Crippen LogP) is 1.87. The average Bonchev–Trinajstić information content (AvgIpc) is 2.28. The van der Waals surface area contributed by atoms with Gasteiger partial charge in [0.2, 0.25) is 0 Å². The van der Waals surface area contributed by atoms with Gasteiger partial charge in [0.25, 0.3) is 0 Å². The summed E-state index contributed by atoms with van der Waals surface area (Å²) in [6, 6.07) is 6.50. The molecule has 1 aromatic rings. The number of hydrogen-bond acceptors (Lipinski definition) is 3. The third kappa shape index (κ3) is 3.72. The van der Waals surface area contributed by atoms with Crippen molar-refractivity contribution in [3.8, 4) is 0 Å². The number of nitrogens with two attached hydrogens (primary N) is 1. The van der Waals surface area contributed by atoms with Crippen LogP contribution in [0, 0.1) is 6.92 Å². The van der Waals surface area contributed by atoms with Crippen molar-refractivity contribution in [2.75, 3.05) is 25.0 Å². The Morgan fingerprint density at radius 3 is 2.53 bits per heavy atom. The first-order chi connectivity index (χ1) is 7.95. The molecule has 0 heterocycles. The number of rotatable bonds is 5. The van der Waals surface area contributed by atoms with Crippen LogP contribution < -0.4 is 10.6 Å². The number of likely N-dealkylation sites (N-methyl/N-ethyl adjacent to an activating group) is 1. The molecule has 1 aromatic carbocycles. The summed E-state index contributed by atoms with van der Waals surface area (Å²) in [6.45, 7) is 7.32. The van der Waals surface area contributed by atoms with Gasteiger partial charge < -0.3 is 15.7 Å². The maximum absolute atomic E-state index is 9.59. The maximum Gasteiger partial charge on any atom is 0.0836 e. The number of aryl methyl sites for hydroxylation is 1. The summed E-state index contributed by atoms with van der Waals surface area (Å²) in [4.78, 5) is 2.07. The predicted molar refractivity (Wildman–Crippen MR) is 73.6 cm³/mol. The van der Waals surface area contributed by atoms with Gasteiger partial charge in [-0.15, -0.1) is 0 Å². The molecule has 17 heavy (non-hydrogen) atoms. The molecule has 0 aliphatic heterocycles. The van der Waals surface area contributed by atoms with Gasteiger partial charge in [-0.3, -0.25) is 0 Å². The normalized spacial score (nSPS) is 12.9. The lowest BCUT2D eigenvalue weighted by Gasteiger charge is -2.25. The number of aliphatic hydroxyl groups excluding tert-OH is 1. The lowest BCUT2D eigenvalue weighted by Crippen LogP contribution is -2.34. The standard InChI is InChI=1S/C14H24N2O/c1-10(2)12-6-5-11(3)14(7-12)16(4)9-13(17)8-15/h5-7,10,13,17H,8-9,15H2,1-4H3. The first-order valence-corrected chi connectivity index (χ1v) is 6.15. The largest absolute Gasteiger partial charge is 0.390 e. The van der Waals surface area contributed by atoms with Crippen molar-refractivity contribution >= 4 is 5.69 Å². The topological polar surface area (TPSA) is 49.5 Å². The van der Waals surface area contributed by atoms with Crippen LogP contribution in [0.2, 0.25) is 0 Å². The highest BCUT2D eigenvalue weighted by Gasteiger charge is 2.11. The third-order valence-electron chi connectivity index (χ3n) is 3.07. The molecule has 0 aliphatic rings. The Morgan fingerprint density at radius 1 is 1.35 bits per heavy atom. The van der Waals surface area contributed by atoms with E-state index in [1.807, 2.05) is 7.05 Å². The zero-order chi connectivity index (χ0) is 13.0. The van der Waals surface area contributed by atoms with Gasteiger partial charge >= 0.3 is 0 Å². The van der Waals surface area contributed by atoms with Gasteiger partial charge in [0, 0.05) is 25.8 Å². The van der Waals surface area contributed by atoms with Gasteiger partial charge in [0.05, 0.1) is 6.10 Å². The molecule has 1 atom stereocenters. The van der Waals surface area contributed by atoms with Gasteiger partial charge in [0.1, 0.15) is 0 Å². The minimum Gasteiger partial charge on any atom is -0.390 e. The van der Waals surface area contributed by atoms with Gasteiger partial charge in [-0.1, -0.05) is 26.0 Å². The van der Waals surface area contributed by atoms with E-state index in [9.17, 15) is 5.11 Å². The highest BCUT2D eigenvalue weighted by atomic mass is 16.3. The van der Waals surface area contributed by atoms with Crippen molar-refractivity contribution in [1.82, 2.24) is 0 Å². The van der Waals surface area contributed by atoms with E-state index in [0.717, 1.165) is 0 Å². The molecule has 0 amide bonds. The SMILES string of the molecule is Cc1ccc(C(C)C)cc1N(C)CC(O)CN. The van der Waals surface area contributed by atoms with E-state index in [2.05, 4.69) is 43.9 Å². The van der Waals surface area contributed by atoms with Crippen molar-refractivity contribution in [2.45, 2.75) is 32.8 Å². The summed E-state index contributed by atoms with van der Waals surface area (Å²) in [7, 11) is 1.99. The van der Waals surface area contributed by atoms with E-state index in [1.165, 1.54) is 16.8 Å². The molecule has 3 nitrogen and oxygen atoms in total. The fourth-order valence-electron chi connectivity index (χ4n) is 1.89. The highest BCUT2D eigenvalue weighted by molar-refractivity contribution is 5.55. The second kappa shape index (κ2) is 6.03. The number of nitrogens with zero attached hydrogens (tertiary/aromatic N) is 1. The van der Waals surface area contributed by atoms with Crippen LogP contribution in [0.3, 0.4) is 0 Å². The third-order valence-corrected chi connectivity index (χ3v) is 3.07. The fraction of sp³-hybridized carbons (Fsp3) is 0.571. The van der Waals surface area contributed by atoms with Crippen LogP contribution >= 0.6 is 0 Å². The quantitative estimate of drug-likeness (QED) is 0.820. The molecule has 0 saturated carbocycles. The van der Waals surface area contributed by atoms with Crippen molar-refractivity contribution in [1.29, 1.82) is 0 Å². The molecule has 3 heteroatoms. The lowest BCUT2D eigenvalue weighted by atomic mass is 10.00. The van der Waals surface area contributed by atoms with Crippen LogP contribution in [0.5, 0.6) is 0 Å². The molecule has 1 unspecified atom stereocenters. The molecule has 0 radical (unpaired) electrons. The Balaban J connectivity index is 2.91. The number of anilines is 1. The second-order valence-corrected chi connectivity index (χ2v) is 4.97. The lowest BCUT2D eigenvalue weighted by molar-refractivity contribution is 0.189. The Bertz CT molecular complexity index is 363. The van der Waals surface area contributed by atoms with Gasteiger partial charge in [-0.05, 0) is 30.0 Å². The molecule has 0 spiro atoms. The fourth-order valence-corrected chi connectivity index (χ4v) is 1.89. The molecule has 0 fully saturated rings. The zero-order valence-corrected chi connectivity index (χ0v) is 11.3. The van der Waals surface area contributed by atoms with Crippen LogP contribution in [0.4, 0.5) is 5.69 Å². The summed E-state index contributed by atoms with van der Waals surface area (Å²) < 4.78 is 0. The van der Waals surface area contributed by atoms with Crippen molar-refractivity contribution in [3.05, 3.63) is 29.3 Å². The molecular weight excluding hydrogens is 212 g/mol. The van der Waals surface area contributed by atoms with E-state index in [0.29, 0.717) is 19.0 Å². The summed E-state index contributed by atoms with van der Waals surface area (Å²) >= 11 is 0. The van der Waals surface area contributed by atoms with Gasteiger partial charge in [0.15, 0.2) is 0 Å². The van der Waals surface area contributed by atoms with Gasteiger partial charge in [-0.2, -0.15) is 0 Å². The molecule has 96 valence electrons. The van der Waals surface area contributed by atoms with Crippen LogP contribution in [-0.2, 0) is 0 Å². The molecule has 0 bridgehead atoms. The number of hydrogen-bond donors (Lipinski definition) is 2. The van der Waals surface area contributed by atoms with E-state index >= 15 is 0 Å². The first-order valence-electron chi connectivity index (χ1n) is 6.15. The Kier molecular flexibility index (Phi) is 4.97. The summed E-state index contributed by atoms with van der Waals surface area (Å²) in [5.74, 6) is 0.516. The van der Waals surface area contributed by atoms with E-state index in [1.54, 1.807) is 0 Å².